The molecule has 1 N–H and O–H groups in total. The lowest BCUT2D eigenvalue weighted by Gasteiger charge is -2.27. The van der Waals surface area contributed by atoms with Gasteiger partial charge < -0.3 is 15.0 Å². The third-order valence-electron chi connectivity index (χ3n) is 5.31. The van der Waals surface area contributed by atoms with Gasteiger partial charge >= 0.3 is 0 Å². The van der Waals surface area contributed by atoms with Crippen LogP contribution in [0.3, 0.4) is 0 Å². The Morgan fingerprint density at radius 2 is 2.26 bits per heavy atom. The molecule has 2 aliphatic rings. The molecule has 0 unspecified atom stereocenters. The van der Waals surface area contributed by atoms with E-state index < -0.39 is 0 Å². The number of hydrogen-bond acceptors (Lipinski definition) is 7. The van der Waals surface area contributed by atoms with E-state index in [-0.39, 0.29) is 6.10 Å². The number of nitrogens with one attached hydrogen (secondary N) is 1. The van der Waals surface area contributed by atoms with Crippen molar-refractivity contribution in [2.24, 2.45) is 0 Å². The summed E-state index contributed by atoms with van der Waals surface area (Å²) >= 11 is 1.79. The largest absolute Gasteiger partial charge is 0.376 e. The second-order valence-corrected chi connectivity index (χ2v) is 8.23. The SMILES string of the molecule is c1ccc(CN(C[C@@H]2CCCO2)c2ncnc3sc4c(c23)CCNC4)nc1. The molecular weight excluding hydrogens is 358 g/mol. The van der Waals surface area contributed by atoms with Crippen molar-refractivity contribution in [2.75, 3.05) is 24.6 Å². The van der Waals surface area contributed by atoms with E-state index in [1.54, 1.807) is 17.7 Å². The Kier molecular flexibility index (Phi) is 4.73. The summed E-state index contributed by atoms with van der Waals surface area (Å²) in [4.78, 5) is 18.7. The van der Waals surface area contributed by atoms with E-state index in [1.807, 2.05) is 18.3 Å². The number of hydrogen-bond donors (Lipinski definition) is 1. The van der Waals surface area contributed by atoms with Crippen LogP contribution in [0.1, 0.15) is 29.0 Å². The maximum absolute atomic E-state index is 5.94. The van der Waals surface area contributed by atoms with Crippen molar-refractivity contribution in [2.45, 2.75) is 38.5 Å². The monoisotopic (exact) mass is 381 g/mol. The van der Waals surface area contributed by atoms with E-state index in [0.29, 0.717) is 0 Å². The molecule has 1 fully saturated rings. The molecule has 0 amide bonds. The van der Waals surface area contributed by atoms with Crippen molar-refractivity contribution in [1.29, 1.82) is 0 Å². The molecule has 0 spiro atoms. The van der Waals surface area contributed by atoms with Gasteiger partial charge in [0.1, 0.15) is 17.0 Å². The molecule has 1 atom stereocenters. The summed E-state index contributed by atoms with van der Waals surface area (Å²) in [5.74, 6) is 1.03. The Balaban J connectivity index is 1.56. The lowest BCUT2D eigenvalue weighted by molar-refractivity contribution is 0.115. The van der Waals surface area contributed by atoms with Gasteiger partial charge in [-0.2, -0.15) is 0 Å². The van der Waals surface area contributed by atoms with Crippen LogP contribution in [0.25, 0.3) is 10.2 Å². The molecule has 0 aliphatic carbocycles. The molecule has 3 aromatic rings. The fourth-order valence-electron chi connectivity index (χ4n) is 4.03. The molecule has 2 aliphatic heterocycles. The van der Waals surface area contributed by atoms with Crippen LogP contribution in [0, 0.1) is 0 Å². The predicted octanol–water partition coefficient (Wildman–Crippen LogP) is 2.92. The maximum Gasteiger partial charge on any atom is 0.141 e. The lowest BCUT2D eigenvalue weighted by Crippen LogP contribution is -2.33. The first kappa shape index (κ1) is 17.0. The minimum Gasteiger partial charge on any atom is -0.376 e. The minimum atomic E-state index is 0.259. The first-order valence-corrected chi connectivity index (χ1v) is 10.4. The van der Waals surface area contributed by atoms with Crippen molar-refractivity contribution in [3.63, 3.8) is 0 Å². The highest BCUT2D eigenvalue weighted by molar-refractivity contribution is 7.19. The van der Waals surface area contributed by atoms with Gasteiger partial charge in [-0.05, 0) is 43.5 Å². The van der Waals surface area contributed by atoms with Crippen LogP contribution in [0.2, 0.25) is 0 Å². The van der Waals surface area contributed by atoms with Crippen LogP contribution in [-0.4, -0.2) is 40.8 Å². The predicted molar refractivity (Wildman–Crippen MR) is 107 cm³/mol. The summed E-state index contributed by atoms with van der Waals surface area (Å²) in [6.45, 7) is 4.38. The third kappa shape index (κ3) is 3.42. The van der Waals surface area contributed by atoms with Crippen LogP contribution in [0.15, 0.2) is 30.7 Å². The molecule has 5 rings (SSSR count). The molecule has 0 radical (unpaired) electrons. The summed E-state index contributed by atoms with van der Waals surface area (Å²) in [7, 11) is 0. The summed E-state index contributed by atoms with van der Waals surface area (Å²) in [6, 6.07) is 6.08. The Bertz CT molecular complexity index is 923. The highest BCUT2D eigenvalue weighted by Gasteiger charge is 2.25. The standard InChI is InChI=1S/C20H23N5OS/c1-2-7-22-14(4-1)11-25(12-15-5-3-9-26-15)19-18-16-6-8-21-10-17(16)27-20(18)24-13-23-19/h1-2,4,7,13,15,21H,3,5-6,8-12H2/t15-/m0/s1. The molecule has 140 valence electrons. The Morgan fingerprint density at radius 3 is 3.11 bits per heavy atom. The van der Waals surface area contributed by atoms with Crippen LogP contribution in [0.5, 0.6) is 0 Å². The van der Waals surface area contributed by atoms with Gasteiger partial charge in [0.25, 0.3) is 0 Å². The van der Waals surface area contributed by atoms with E-state index in [4.69, 9.17) is 9.72 Å². The molecule has 3 aromatic heterocycles. The quantitative estimate of drug-likeness (QED) is 0.733. The third-order valence-corrected chi connectivity index (χ3v) is 6.45. The van der Waals surface area contributed by atoms with Gasteiger partial charge in [0, 0.05) is 30.8 Å². The van der Waals surface area contributed by atoms with E-state index >= 15 is 0 Å². The Hall–Kier alpha value is -2.09. The summed E-state index contributed by atoms with van der Waals surface area (Å²) in [5.41, 5.74) is 2.47. The lowest BCUT2D eigenvalue weighted by atomic mass is 10.1. The summed E-state index contributed by atoms with van der Waals surface area (Å²) in [5, 5.41) is 4.70. The zero-order valence-electron chi connectivity index (χ0n) is 15.2. The summed E-state index contributed by atoms with van der Waals surface area (Å²) < 4.78 is 5.94. The topological polar surface area (TPSA) is 63.2 Å². The van der Waals surface area contributed by atoms with Crippen molar-refractivity contribution in [3.05, 3.63) is 46.9 Å². The number of aromatic nitrogens is 3. The van der Waals surface area contributed by atoms with Gasteiger partial charge in [0.15, 0.2) is 0 Å². The average Bonchev–Trinajstić information content (AvgIpc) is 3.35. The average molecular weight is 382 g/mol. The molecule has 5 heterocycles. The molecule has 0 aromatic carbocycles. The second-order valence-electron chi connectivity index (χ2n) is 7.14. The molecule has 0 saturated carbocycles. The van der Waals surface area contributed by atoms with Crippen molar-refractivity contribution >= 4 is 27.4 Å². The summed E-state index contributed by atoms with van der Waals surface area (Å²) in [6.07, 6.45) is 7.10. The van der Waals surface area contributed by atoms with Gasteiger partial charge in [-0.1, -0.05) is 6.07 Å². The first-order valence-electron chi connectivity index (χ1n) is 9.61. The van der Waals surface area contributed by atoms with Crippen LogP contribution < -0.4 is 10.2 Å². The fourth-order valence-corrected chi connectivity index (χ4v) is 5.18. The van der Waals surface area contributed by atoms with Crippen LogP contribution in [-0.2, 0) is 24.2 Å². The van der Waals surface area contributed by atoms with Gasteiger partial charge in [-0.25, -0.2) is 9.97 Å². The number of thiophene rings is 1. The van der Waals surface area contributed by atoms with Crippen molar-refractivity contribution in [3.8, 4) is 0 Å². The van der Waals surface area contributed by atoms with Gasteiger partial charge in [-0.15, -0.1) is 11.3 Å². The molecule has 7 heteroatoms. The minimum absolute atomic E-state index is 0.259. The smallest absolute Gasteiger partial charge is 0.141 e. The van der Waals surface area contributed by atoms with Crippen LogP contribution >= 0.6 is 11.3 Å². The number of pyridine rings is 1. The number of fused-ring (bicyclic) bond motifs is 3. The number of nitrogens with zero attached hydrogens (tertiary/aromatic N) is 4. The highest BCUT2D eigenvalue weighted by Crippen LogP contribution is 2.37. The van der Waals surface area contributed by atoms with E-state index in [0.717, 1.165) is 68.4 Å². The van der Waals surface area contributed by atoms with Gasteiger partial charge in [-0.3, -0.25) is 4.98 Å². The number of ether oxygens (including phenoxy) is 1. The number of anilines is 1. The molecule has 6 nitrogen and oxygen atoms in total. The molecule has 0 bridgehead atoms. The Labute approximate surface area is 162 Å². The van der Waals surface area contributed by atoms with E-state index in [9.17, 15) is 0 Å². The van der Waals surface area contributed by atoms with Crippen molar-refractivity contribution < 1.29 is 4.74 Å². The number of rotatable bonds is 5. The van der Waals surface area contributed by atoms with Gasteiger partial charge in [0.05, 0.1) is 23.7 Å². The molecule has 1 saturated heterocycles. The molecule has 27 heavy (non-hydrogen) atoms. The van der Waals surface area contributed by atoms with Crippen molar-refractivity contribution in [1.82, 2.24) is 20.3 Å². The normalized spacial score (nSPS) is 19.3. The Morgan fingerprint density at radius 1 is 1.26 bits per heavy atom. The van der Waals surface area contributed by atoms with E-state index in [1.165, 1.54) is 15.8 Å². The van der Waals surface area contributed by atoms with E-state index in [2.05, 4.69) is 26.3 Å². The maximum atomic E-state index is 5.94. The van der Waals surface area contributed by atoms with Gasteiger partial charge in [0.2, 0.25) is 0 Å². The zero-order chi connectivity index (χ0) is 18.1. The zero-order valence-corrected chi connectivity index (χ0v) is 16.0. The first-order chi connectivity index (χ1) is 13.4. The highest BCUT2D eigenvalue weighted by atomic mass is 32.1. The van der Waals surface area contributed by atoms with Crippen LogP contribution in [0.4, 0.5) is 5.82 Å². The second kappa shape index (κ2) is 7.50. The fraction of sp³-hybridized carbons (Fsp3) is 0.450. The molecular formula is C20H23N5OS.